The number of anilines is 1. The molecule has 3 aromatic rings. The summed E-state index contributed by atoms with van der Waals surface area (Å²) in [4.78, 5) is 21.2. The first-order chi connectivity index (χ1) is 17.7. The zero-order valence-electron chi connectivity index (χ0n) is 20.2. The smallest absolute Gasteiger partial charge is 0.333 e. The van der Waals surface area contributed by atoms with Gasteiger partial charge in [0.1, 0.15) is 12.9 Å². The number of aliphatic hydroxyl groups excluding tert-OH is 1. The number of aromatic nitrogens is 5. The highest BCUT2D eigenvalue weighted by atomic mass is 32.2. The Morgan fingerprint density at radius 1 is 1.24 bits per heavy atom. The number of benzene rings is 1. The average molecular weight is 532 g/mol. The minimum Gasteiger partial charge on any atom is -0.393 e. The van der Waals surface area contributed by atoms with E-state index < -0.39 is 22.3 Å². The second-order valence-corrected chi connectivity index (χ2v) is 10.8. The third-order valence-electron chi connectivity index (χ3n) is 7.12. The second kappa shape index (κ2) is 10.4. The van der Waals surface area contributed by atoms with Crippen molar-refractivity contribution in [3.63, 3.8) is 0 Å². The number of ketones is 1. The molecule has 3 unspecified atom stereocenters. The van der Waals surface area contributed by atoms with Gasteiger partial charge in [-0.3, -0.25) is 8.98 Å². The topological polar surface area (TPSA) is 184 Å². The number of nitrogens with zero attached hydrogens (tertiary/aromatic N) is 5. The number of carbonyl (C=O) groups is 1. The molecule has 0 aliphatic heterocycles. The van der Waals surface area contributed by atoms with Crippen LogP contribution in [0.1, 0.15) is 42.5 Å². The van der Waals surface area contributed by atoms with E-state index in [0.717, 1.165) is 12.0 Å². The molecule has 2 aromatic heterocycles. The standard InChI is InChI=1S/C23H29N7O6S/c1-35-11-17(31)8-14-6-13-4-2-3-5-18(13)20(14)27-22-21-23(26-12-25-22)30(29-28-21)16-7-15(19(32)9-16)10-36-37(24,33)34/h2-5,12,14-16,19-20,32H,6-11H2,1H3,(H2,24,33,34)(H,25,26,27)/t14-,15?,16?,19?,20-/m0/s1. The van der Waals surface area contributed by atoms with Crippen LogP contribution < -0.4 is 10.5 Å². The van der Waals surface area contributed by atoms with Crippen molar-refractivity contribution in [2.75, 3.05) is 25.6 Å². The molecule has 2 aliphatic carbocycles. The van der Waals surface area contributed by atoms with Crippen LogP contribution in [0.2, 0.25) is 0 Å². The quantitative estimate of drug-likeness (QED) is 0.334. The van der Waals surface area contributed by atoms with Crippen LogP contribution in [-0.2, 0) is 30.4 Å². The van der Waals surface area contributed by atoms with Gasteiger partial charge in [0.15, 0.2) is 22.8 Å². The monoisotopic (exact) mass is 531 g/mol. The zero-order valence-corrected chi connectivity index (χ0v) is 21.0. The summed E-state index contributed by atoms with van der Waals surface area (Å²) in [5.74, 6) is 0.119. The van der Waals surface area contributed by atoms with Crippen molar-refractivity contribution in [3.8, 4) is 0 Å². The summed E-state index contributed by atoms with van der Waals surface area (Å²) in [6.07, 6.45) is 2.51. The van der Waals surface area contributed by atoms with Crippen LogP contribution in [0, 0.1) is 11.8 Å². The van der Waals surface area contributed by atoms with Crippen LogP contribution in [0.15, 0.2) is 30.6 Å². The first kappa shape index (κ1) is 25.6. The van der Waals surface area contributed by atoms with Crippen LogP contribution in [0.3, 0.4) is 0 Å². The van der Waals surface area contributed by atoms with Gasteiger partial charge >= 0.3 is 10.3 Å². The summed E-state index contributed by atoms with van der Waals surface area (Å²) < 4.78 is 33.6. The molecule has 1 aromatic carbocycles. The number of carbonyl (C=O) groups excluding carboxylic acids is 1. The Kier molecular flexibility index (Phi) is 7.18. The highest BCUT2D eigenvalue weighted by Gasteiger charge is 2.37. The molecule has 2 heterocycles. The van der Waals surface area contributed by atoms with Gasteiger partial charge in [-0.15, -0.1) is 5.10 Å². The third-order valence-corrected chi connectivity index (χ3v) is 7.58. The van der Waals surface area contributed by atoms with Gasteiger partial charge < -0.3 is 15.2 Å². The van der Waals surface area contributed by atoms with Crippen LogP contribution in [0.4, 0.5) is 5.82 Å². The Labute approximate surface area is 213 Å². The fourth-order valence-electron chi connectivity index (χ4n) is 5.47. The van der Waals surface area contributed by atoms with Crippen LogP contribution in [0.5, 0.6) is 0 Å². The number of hydrogen-bond donors (Lipinski definition) is 3. The van der Waals surface area contributed by atoms with E-state index in [4.69, 9.17) is 9.88 Å². The van der Waals surface area contributed by atoms with Gasteiger partial charge in [-0.1, -0.05) is 29.5 Å². The number of fused-ring (bicyclic) bond motifs is 2. The highest BCUT2D eigenvalue weighted by Crippen LogP contribution is 2.41. The molecule has 0 amide bonds. The number of ether oxygens (including phenoxy) is 1. The number of nitrogens with one attached hydrogen (secondary N) is 1. The van der Waals surface area contributed by atoms with E-state index in [0.29, 0.717) is 36.2 Å². The fraction of sp³-hybridized carbons (Fsp3) is 0.522. The Morgan fingerprint density at radius 3 is 2.84 bits per heavy atom. The van der Waals surface area contributed by atoms with Gasteiger partial charge in [0.2, 0.25) is 0 Å². The van der Waals surface area contributed by atoms with E-state index in [9.17, 15) is 18.3 Å². The van der Waals surface area contributed by atoms with Gasteiger partial charge in [-0.2, -0.15) is 8.42 Å². The van der Waals surface area contributed by atoms with Crippen molar-refractivity contribution < 1.29 is 27.2 Å². The summed E-state index contributed by atoms with van der Waals surface area (Å²) in [5, 5.41) is 27.5. The minimum atomic E-state index is -4.10. The maximum absolute atomic E-state index is 12.4. The molecule has 0 spiro atoms. The van der Waals surface area contributed by atoms with Crippen LogP contribution in [0.25, 0.3) is 11.2 Å². The van der Waals surface area contributed by atoms with Crippen molar-refractivity contribution in [1.29, 1.82) is 0 Å². The normalized spacial score (nSPS) is 25.4. The molecule has 2 aliphatic rings. The van der Waals surface area contributed by atoms with E-state index in [1.165, 1.54) is 19.0 Å². The number of aliphatic hydroxyl groups is 1. The van der Waals surface area contributed by atoms with E-state index >= 15 is 0 Å². The molecule has 198 valence electrons. The molecule has 0 radical (unpaired) electrons. The van der Waals surface area contributed by atoms with Crippen molar-refractivity contribution >= 4 is 33.1 Å². The van der Waals surface area contributed by atoms with Gasteiger partial charge in [0.25, 0.3) is 0 Å². The largest absolute Gasteiger partial charge is 0.393 e. The SMILES string of the molecule is COCC(=O)C[C@@H]1Cc2ccccc2[C@H]1Nc1ncnc2c1nnn2C1CC(O)C(COS(N)(=O)=O)C1. The summed E-state index contributed by atoms with van der Waals surface area (Å²) in [6.45, 7) is -0.142. The summed E-state index contributed by atoms with van der Waals surface area (Å²) in [5.41, 5.74) is 3.24. The van der Waals surface area contributed by atoms with Gasteiger partial charge in [0, 0.05) is 19.4 Å². The number of rotatable bonds is 10. The molecule has 0 bridgehead atoms. The lowest BCUT2D eigenvalue weighted by Crippen LogP contribution is -2.24. The Balaban J connectivity index is 1.38. The molecule has 4 N–H and O–H groups in total. The summed E-state index contributed by atoms with van der Waals surface area (Å²) in [6, 6.07) is 7.66. The molecule has 5 atom stereocenters. The minimum absolute atomic E-state index is 0.0182. The Morgan fingerprint density at radius 2 is 2.05 bits per heavy atom. The van der Waals surface area contributed by atoms with Gasteiger partial charge in [0.05, 0.1) is 24.8 Å². The average Bonchev–Trinajstić information content (AvgIpc) is 3.53. The predicted octanol–water partition coefficient (Wildman–Crippen LogP) is 0.685. The number of Topliss-reactive ketones (excluding diaryl/α,β-unsaturated/α-hetero) is 1. The van der Waals surface area contributed by atoms with Crippen LogP contribution in [-0.4, -0.2) is 70.7 Å². The molecule has 1 fully saturated rings. The number of nitrogens with two attached hydrogens (primary N) is 1. The molecule has 0 saturated heterocycles. The zero-order chi connectivity index (χ0) is 26.2. The lowest BCUT2D eigenvalue weighted by molar-refractivity contribution is -0.123. The number of methoxy groups -OCH3 is 1. The summed E-state index contributed by atoms with van der Waals surface area (Å²) >= 11 is 0. The maximum atomic E-state index is 12.4. The molecule has 13 nitrogen and oxygen atoms in total. The van der Waals surface area contributed by atoms with Crippen molar-refractivity contribution in [2.45, 2.75) is 43.9 Å². The molecular formula is C23H29N7O6S. The maximum Gasteiger partial charge on any atom is 0.333 e. The van der Waals surface area contributed by atoms with Crippen molar-refractivity contribution in [2.24, 2.45) is 17.0 Å². The third kappa shape index (κ3) is 5.48. The fourth-order valence-corrected chi connectivity index (χ4v) is 5.84. The van der Waals surface area contributed by atoms with E-state index in [2.05, 4.69) is 35.8 Å². The van der Waals surface area contributed by atoms with Crippen molar-refractivity contribution in [3.05, 3.63) is 41.7 Å². The molecule has 14 heteroatoms. The first-order valence-electron chi connectivity index (χ1n) is 12.0. The summed E-state index contributed by atoms with van der Waals surface area (Å²) in [7, 11) is -2.59. The van der Waals surface area contributed by atoms with Gasteiger partial charge in [-0.25, -0.2) is 19.8 Å². The Bertz CT molecular complexity index is 1400. The molecule has 37 heavy (non-hydrogen) atoms. The lowest BCUT2D eigenvalue weighted by atomic mass is 9.95. The van der Waals surface area contributed by atoms with E-state index in [-0.39, 0.29) is 37.0 Å². The first-order valence-corrected chi connectivity index (χ1v) is 13.5. The lowest BCUT2D eigenvalue weighted by Gasteiger charge is -2.22. The molecule has 1 saturated carbocycles. The second-order valence-electron chi connectivity index (χ2n) is 9.62. The van der Waals surface area contributed by atoms with Crippen molar-refractivity contribution in [1.82, 2.24) is 25.0 Å². The Hall–Kier alpha value is -3.04. The van der Waals surface area contributed by atoms with E-state index in [1.807, 2.05) is 18.2 Å². The highest BCUT2D eigenvalue weighted by molar-refractivity contribution is 7.84. The van der Waals surface area contributed by atoms with Crippen LogP contribution >= 0.6 is 0 Å². The van der Waals surface area contributed by atoms with E-state index in [1.54, 1.807) is 4.68 Å². The van der Waals surface area contributed by atoms with Gasteiger partial charge in [-0.05, 0) is 36.3 Å². The molecule has 5 rings (SSSR count). The molecular weight excluding hydrogens is 502 g/mol. The number of hydrogen-bond acceptors (Lipinski definition) is 11. The predicted molar refractivity (Wildman–Crippen MR) is 131 cm³/mol.